The molecule has 0 bridgehead atoms. The maximum absolute atomic E-state index is 11.1. The second-order valence-electron chi connectivity index (χ2n) is 2.80. The van der Waals surface area contributed by atoms with Crippen molar-refractivity contribution >= 4 is 5.78 Å². The van der Waals surface area contributed by atoms with Crippen LogP contribution in [0.1, 0.15) is 6.42 Å². The van der Waals surface area contributed by atoms with Crippen molar-refractivity contribution in [1.82, 2.24) is 10.9 Å². The van der Waals surface area contributed by atoms with E-state index < -0.39 is 0 Å². The Bertz CT molecular complexity index is 188. The molecule has 0 saturated carbocycles. The average Bonchev–Trinajstić information content (AvgIpc) is 2.36. The Morgan fingerprint density at radius 1 is 1.60 bits per heavy atom. The smallest absolute Gasteiger partial charge is 0.173 e. The first-order valence-corrected chi connectivity index (χ1v) is 3.57. The van der Waals surface area contributed by atoms with E-state index in [0.29, 0.717) is 5.92 Å². The second-order valence-corrected chi connectivity index (χ2v) is 2.80. The van der Waals surface area contributed by atoms with Gasteiger partial charge in [0, 0.05) is 12.5 Å². The maximum Gasteiger partial charge on any atom is 0.173 e. The van der Waals surface area contributed by atoms with E-state index in [4.69, 9.17) is 0 Å². The number of carbonyl (C=O) groups excluding carboxylic acids is 1. The summed E-state index contributed by atoms with van der Waals surface area (Å²) in [6.07, 6.45) is 4.65. The van der Waals surface area contributed by atoms with Gasteiger partial charge >= 0.3 is 0 Å². The van der Waals surface area contributed by atoms with Crippen LogP contribution in [0.15, 0.2) is 12.2 Å². The number of carbonyl (C=O) groups is 1. The SMILES string of the molecule is O=C1C=CCC2CNNC12. The number of allylic oxidation sites excluding steroid dienone is 1. The van der Waals surface area contributed by atoms with Crippen molar-refractivity contribution in [2.75, 3.05) is 6.54 Å². The minimum Gasteiger partial charge on any atom is -0.293 e. The highest BCUT2D eigenvalue weighted by Crippen LogP contribution is 2.18. The summed E-state index contributed by atoms with van der Waals surface area (Å²) in [5, 5.41) is 0. The van der Waals surface area contributed by atoms with Gasteiger partial charge < -0.3 is 0 Å². The number of hydrazine groups is 1. The van der Waals surface area contributed by atoms with Crippen LogP contribution in [0.25, 0.3) is 0 Å². The molecule has 1 saturated heterocycles. The number of nitrogens with one attached hydrogen (secondary N) is 2. The van der Waals surface area contributed by atoms with Crippen molar-refractivity contribution < 1.29 is 4.79 Å². The Kier molecular flexibility index (Phi) is 1.32. The van der Waals surface area contributed by atoms with E-state index in [-0.39, 0.29) is 11.8 Å². The van der Waals surface area contributed by atoms with Crippen LogP contribution in [0, 0.1) is 5.92 Å². The third-order valence-electron chi connectivity index (χ3n) is 2.12. The lowest BCUT2D eigenvalue weighted by Gasteiger charge is -2.16. The average molecular weight is 138 g/mol. The lowest BCUT2D eigenvalue weighted by molar-refractivity contribution is -0.117. The standard InChI is InChI=1S/C7H10N2O/c10-6-3-1-2-5-4-8-9-7(5)6/h1,3,5,7-9H,2,4H2. The topological polar surface area (TPSA) is 41.1 Å². The lowest BCUT2D eigenvalue weighted by Crippen LogP contribution is -2.38. The van der Waals surface area contributed by atoms with E-state index >= 15 is 0 Å². The van der Waals surface area contributed by atoms with E-state index in [9.17, 15) is 4.79 Å². The summed E-state index contributed by atoms with van der Waals surface area (Å²) < 4.78 is 0. The highest BCUT2D eigenvalue weighted by molar-refractivity contribution is 5.95. The molecular weight excluding hydrogens is 128 g/mol. The molecule has 3 heteroatoms. The molecule has 2 rings (SSSR count). The lowest BCUT2D eigenvalue weighted by atomic mass is 9.90. The predicted octanol–water partition coefficient (Wildman–Crippen LogP) is -0.392. The zero-order valence-electron chi connectivity index (χ0n) is 5.63. The normalized spacial score (nSPS) is 38.2. The van der Waals surface area contributed by atoms with Gasteiger partial charge in [0.25, 0.3) is 0 Å². The van der Waals surface area contributed by atoms with Crippen LogP contribution in [-0.2, 0) is 4.79 Å². The van der Waals surface area contributed by atoms with Crippen LogP contribution in [-0.4, -0.2) is 18.4 Å². The first-order chi connectivity index (χ1) is 4.88. The fourth-order valence-corrected chi connectivity index (χ4v) is 1.52. The van der Waals surface area contributed by atoms with Crippen molar-refractivity contribution in [3.05, 3.63) is 12.2 Å². The van der Waals surface area contributed by atoms with Crippen molar-refractivity contribution in [1.29, 1.82) is 0 Å². The van der Waals surface area contributed by atoms with Crippen molar-refractivity contribution in [3.63, 3.8) is 0 Å². The van der Waals surface area contributed by atoms with Gasteiger partial charge in [0.15, 0.2) is 5.78 Å². The first-order valence-electron chi connectivity index (χ1n) is 3.57. The largest absolute Gasteiger partial charge is 0.293 e. The number of rotatable bonds is 0. The monoisotopic (exact) mass is 138 g/mol. The van der Waals surface area contributed by atoms with Gasteiger partial charge in [-0.3, -0.25) is 10.2 Å². The van der Waals surface area contributed by atoms with E-state index in [2.05, 4.69) is 10.9 Å². The molecule has 1 aliphatic heterocycles. The molecular formula is C7H10N2O. The summed E-state index contributed by atoms with van der Waals surface area (Å²) in [6.45, 7) is 0.917. The molecule has 2 unspecified atom stereocenters. The van der Waals surface area contributed by atoms with Crippen LogP contribution >= 0.6 is 0 Å². The van der Waals surface area contributed by atoms with Gasteiger partial charge in [0.1, 0.15) is 0 Å². The predicted molar refractivity (Wildman–Crippen MR) is 37.2 cm³/mol. The number of ketones is 1. The molecule has 1 aliphatic carbocycles. The molecule has 3 nitrogen and oxygen atoms in total. The molecule has 0 radical (unpaired) electrons. The molecule has 0 spiro atoms. The van der Waals surface area contributed by atoms with Crippen molar-refractivity contribution in [2.24, 2.45) is 5.92 Å². The van der Waals surface area contributed by atoms with Crippen LogP contribution in [0.5, 0.6) is 0 Å². The molecule has 2 N–H and O–H groups in total. The number of fused-ring (bicyclic) bond motifs is 1. The summed E-state index contributed by atoms with van der Waals surface area (Å²) in [6, 6.07) is 0.0463. The Morgan fingerprint density at radius 2 is 2.50 bits per heavy atom. The number of hydrogen-bond donors (Lipinski definition) is 2. The molecule has 0 aromatic carbocycles. The summed E-state index contributed by atoms with van der Waals surface area (Å²) in [7, 11) is 0. The fraction of sp³-hybridized carbons (Fsp3) is 0.571. The Balaban J connectivity index is 2.20. The summed E-state index contributed by atoms with van der Waals surface area (Å²) in [4.78, 5) is 11.1. The zero-order chi connectivity index (χ0) is 6.97. The highest BCUT2D eigenvalue weighted by Gasteiger charge is 2.32. The van der Waals surface area contributed by atoms with Gasteiger partial charge in [-0.1, -0.05) is 6.08 Å². The van der Waals surface area contributed by atoms with E-state index in [0.717, 1.165) is 13.0 Å². The van der Waals surface area contributed by atoms with Gasteiger partial charge in [-0.15, -0.1) is 0 Å². The highest BCUT2D eigenvalue weighted by atomic mass is 16.1. The molecule has 1 heterocycles. The first kappa shape index (κ1) is 6.07. The summed E-state index contributed by atoms with van der Waals surface area (Å²) in [5.74, 6) is 0.693. The van der Waals surface area contributed by atoms with Gasteiger partial charge in [0.2, 0.25) is 0 Å². The minimum absolute atomic E-state index is 0.0463. The molecule has 0 aromatic heterocycles. The van der Waals surface area contributed by atoms with Crippen LogP contribution in [0.2, 0.25) is 0 Å². The third kappa shape index (κ3) is 0.786. The van der Waals surface area contributed by atoms with Crippen LogP contribution < -0.4 is 10.9 Å². The van der Waals surface area contributed by atoms with Crippen LogP contribution in [0.4, 0.5) is 0 Å². The minimum atomic E-state index is 0.0463. The second kappa shape index (κ2) is 2.18. The molecule has 54 valence electrons. The number of hydrogen-bond acceptors (Lipinski definition) is 3. The van der Waals surface area contributed by atoms with Gasteiger partial charge in [-0.25, -0.2) is 5.43 Å². The molecule has 2 atom stereocenters. The molecule has 10 heavy (non-hydrogen) atoms. The molecule has 2 aliphatic rings. The Morgan fingerprint density at radius 3 is 3.30 bits per heavy atom. The zero-order valence-corrected chi connectivity index (χ0v) is 5.63. The van der Waals surface area contributed by atoms with Gasteiger partial charge in [0.05, 0.1) is 6.04 Å². The maximum atomic E-state index is 11.1. The molecule has 0 amide bonds. The van der Waals surface area contributed by atoms with Gasteiger partial charge in [-0.2, -0.15) is 0 Å². The third-order valence-corrected chi connectivity index (χ3v) is 2.12. The van der Waals surface area contributed by atoms with E-state index in [1.54, 1.807) is 6.08 Å². The van der Waals surface area contributed by atoms with Crippen molar-refractivity contribution in [2.45, 2.75) is 12.5 Å². The van der Waals surface area contributed by atoms with E-state index in [1.807, 2.05) is 6.08 Å². The summed E-state index contributed by atoms with van der Waals surface area (Å²) >= 11 is 0. The van der Waals surface area contributed by atoms with Crippen molar-refractivity contribution in [3.8, 4) is 0 Å². The Labute approximate surface area is 59.5 Å². The van der Waals surface area contributed by atoms with Gasteiger partial charge in [-0.05, 0) is 12.5 Å². The molecule has 1 fully saturated rings. The fourth-order valence-electron chi connectivity index (χ4n) is 1.52. The van der Waals surface area contributed by atoms with Crippen LogP contribution in [0.3, 0.4) is 0 Å². The summed E-state index contributed by atoms with van der Waals surface area (Å²) in [5.41, 5.74) is 5.94. The quantitative estimate of drug-likeness (QED) is 0.479. The molecule has 0 aromatic rings. The van der Waals surface area contributed by atoms with E-state index in [1.165, 1.54) is 0 Å². The Hall–Kier alpha value is -0.670.